The van der Waals surface area contributed by atoms with Crippen LogP contribution in [0.15, 0.2) is 21.5 Å². The molecule has 10 heteroatoms. The van der Waals surface area contributed by atoms with Gasteiger partial charge in [-0.3, -0.25) is 9.59 Å². The minimum atomic E-state index is -4.56. The number of pyridine rings is 2. The number of alkyl halides is 3. The van der Waals surface area contributed by atoms with Crippen LogP contribution in [0.5, 0.6) is 0 Å². The van der Waals surface area contributed by atoms with E-state index in [0.717, 1.165) is 11.6 Å². The molecule has 3 aromatic rings. The molecule has 4 heterocycles. The molecule has 0 atom stereocenters. The second-order valence-electron chi connectivity index (χ2n) is 8.15. The van der Waals surface area contributed by atoms with Crippen LogP contribution in [0, 0.1) is 13.8 Å². The number of halogens is 3. The van der Waals surface area contributed by atoms with Gasteiger partial charge in [-0.15, -0.1) is 0 Å². The average Bonchev–Trinajstić information content (AvgIpc) is 3.18. The number of nitrogens with zero attached hydrogens (tertiary/aromatic N) is 3. The number of fused-ring (bicyclic) bond motifs is 1. The van der Waals surface area contributed by atoms with Crippen molar-refractivity contribution < 1.29 is 22.5 Å². The molecule has 0 spiro atoms. The van der Waals surface area contributed by atoms with E-state index in [-0.39, 0.29) is 39.9 Å². The summed E-state index contributed by atoms with van der Waals surface area (Å²) < 4.78 is 46.4. The van der Waals surface area contributed by atoms with Gasteiger partial charge in [0, 0.05) is 30.4 Å². The van der Waals surface area contributed by atoms with Crippen LogP contribution in [-0.4, -0.2) is 39.0 Å². The number of carbonyl (C=O) groups excluding carboxylic acids is 1. The predicted octanol–water partition coefficient (Wildman–Crippen LogP) is 4.13. The second-order valence-corrected chi connectivity index (χ2v) is 8.15. The Bertz CT molecular complexity index is 1240. The Morgan fingerprint density at radius 2 is 1.94 bits per heavy atom. The molecule has 0 bridgehead atoms. The molecule has 1 fully saturated rings. The number of amides is 1. The maximum atomic E-state index is 13.7. The van der Waals surface area contributed by atoms with Gasteiger partial charge >= 0.3 is 6.18 Å². The number of aromatic amines is 1. The van der Waals surface area contributed by atoms with E-state index in [2.05, 4.69) is 15.1 Å². The van der Waals surface area contributed by atoms with E-state index in [1.54, 1.807) is 31.7 Å². The Hall–Kier alpha value is -3.17. The zero-order chi connectivity index (χ0) is 23.2. The van der Waals surface area contributed by atoms with Crippen molar-refractivity contribution in [2.24, 2.45) is 0 Å². The van der Waals surface area contributed by atoms with Crippen molar-refractivity contribution in [3.05, 3.63) is 56.3 Å². The molecule has 1 aliphatic rings. The molecule has 32 heavy (non-hydrogen) atoms. The fourth-order valence-corrected chi connectivity index (χ4v) is 4.12. The highest BCUT2D eigenvalue weighted by Crippen LogP contribution is 2.40. The summed E-state index contributed by atoms with van der Waals surface area (Å²) in [5.74, 6) is -0.697. The lowest BCUT2D eigenvalue weighted by atomic mass is 9.90. The molecule has 1 saturated heterocycles. The van der Waals surface area contributed by atoms with Crippen molar-refractivity contribution in [3.8, 4) is 0 Å². The lowest BCUT2D eigenvalue weighted by Crippen LogP contribution is -2.40. The number of hydrogen-bond acceptors (Lipinski definition) is 5. The van der Waals surface area contributed by atoms with E-state index in [1.165, 1.54) is 0 Å². The molecule has 1 amide bonds. The molecule has 0 saturated carbocycles. The van der Waals surface area contributed by atoms with Crippen molar-refractivity contribution in [2.45, 2.75) is 52.1 Å². The van der Waals surface area contributed by atoms with Crippen LogP contribution >= 0.6 is 0 Å². The highest BCUT2D eigenvalue weighted by Gasteiger charge is 2.38. The molecule has 1 N–H and O–H groups in total. The molecule has 3 aromatic heterocycles. The van der Waals surface area contributed by atoms with Crippen molar-refractivity contribution in [3.63, 3.8) is 0 Å². The first-order chi connectivity index (χ1) is 15.1. The monoisotopic (exact) mass is 448 g/mol. The number of carbonyl (C=O) groups is 1. The number of piperidine rings is 1. The first-order valence-corrected chi connectivity index (χ1v) is 10.5. The van der Waals surface area contributed by atoms with Gasteiger partial charge in [-0.2, -0.15) is 13.2 Å². The van der Waals surface area contributed by atoms with Crippen LogP contribution in [-0.2, 0) is 12.6 Å². The van der Waals surface area contributed by atoms with E-state index in [9.17, 15) is 22.8 Å². The summed E-state index contributed by atoms with van der Waals surface area (Å²) >= 11 is 0. The molecule has 4 rings (SSSR count). The summed E-state index contributed by atoms with van der Waals surface area (Å²) in [5, 5.41) is 3.83. The first kappa shape index (κ1) is 22.0. The number of hydrogen-bond donors (Lipinski definition) is 1. The van der Waals surface area contributed by atoms with Gasteiger partial charge in [-0.25, -0.2) is 4.98 Å². The van der Waals surface area contributed by atoms with Crippen LogP contribution in [0.4, 0.5) is 13.2 Å². The Balaban J connectivity index is 1.59. The minimum Gasteiger partial charge on any atom is -0.338 e. The molecule has 0 radical (unpaired) electrons. The zero-order valence-electron chi connectivity index (χ0n) is 18.0. The van der Waals surface area contributed by atoms with E-state index < -0.39 is 17.3 Å². The Labute approximate surface area is 181 Å². The predicted molar refractivity (Wildman–Crippen MR) is 111 cm³/mol. The second kappa shape index (κ2) is 8.07. The fourth-order valence-electron chi connectivity index (χ4n) is 4.12. The van der Waals surface area contributed by atoms with E-state index >= 15 is 0 Å². The first-order valence-electron chi connectivity index (χ1n) is 10.5. The number of H-pyrrole nitrogens is 1. The standard InChI is InChI=1S/C22H23F3N4O3/c1-4-14-10-16(22(23,24)25)17-18(28-32-20(17)27-14)13-5-7-29(8-6-13)21(31)15-9-11(2)12(3)26-19(15)30/h9-10,13H,4-8H2,1-3H3,(H,26,30). The lowest BCUT2D eigenvalue weighted by Gasteiger charge is -2.31. The fraction of sp³-hybridized carbons (Fsp3) is 0.455. The molecule has 0 unspecified atom stereocenters. The van der Waals surface area contributed by atoms with Crippen molar-refractivity contribution >= 4 is 17.0 Å². The van der Waals surface area contributed by atoms with Crippen molar-refractivity contribution in [1.29, 1.82) is 0 Å². The van der Waals surface area contributed by atoms with Gasteiger partial charge in [0.25, 0.3) is 17.2 Å². The van der Waals surface area contributed by atoms with Gasteiger partial charge in [-0.05, 0) is 50.8 Å². The van der Waals surface area contributed by atoms with Gasteiger partial charge in [-0.1, -0.05) is 12.1 Å². The number of nitrogens with one attached hydrogen (secondary N) is 1. The third-order valence-electron chi connectivity index (χ3n) is 6.09. The summed E-state index contributed by atoms with van der Waals surface area (Å²) in [7, 11) is 0. The van der Waals surface area contributed by atoms with Gasteiger partial charge < -0.3 is 14.4 Å². The van der Waals surface area contributed by atoms with Crippen LogP contribution in [0.3, 0.4) is 0 Å². The smallest absolute Gasteiger partial charge is 0.338 e. The summed E-state index contributed by atoms with van der Waals surface area (Å²) in [4.78, 5) is 33.5. The summed E-state index contributed by atoms with van der Waals surface area (Å²) in [6.45, 7) is 5.88. The highest BCUT2D eigenvalue weighted by molar-refractivity contribution is 5.94. The zero-order valence-corrected chi connectivity index (χ0v) is 18.0. The summed E-state index contributed by atoms with van der Waals surface area (Å²) in [6.07, 6.45) is -3.41. The molecular weight excluding hydrogens is 425 g/mol. The molecule has 1 aliphatic heterocycles. The van der Waals surface area contributed by atoms with Gasteiger partial charge in [0.05, 0.1) is 16.6 Å². The van der Waals surface area contributed by atoms with Crippen LogP contribution < -0.4 is 5.56 Å². The van der Waals surface area contributed by atoms with Gasteiger partial charge in [0.2, 0.25) is 0 Å². The summed E-state index contributed by atoms with van der Waals surface area (Å²) in [5.41, 5.74) is 0.705. The van der Waals surface area contributed by atoms with Gasteiger partial charge in [0.15, 0.2) is 0 Å². The van der Waals surface area contributed by atoms with E-state index in [1.807, 2.05) is 0 Å². The average molecular weight is 448 g/mol. The third kappa shape index (κ3) is 3.89. The molecular formula is C22H23F3N4O3. The SMILES string of the molecule is CCc1cc(C(F)(F)F)c2c(C3CCN(C(=O)c4cc(C)c(C)[nH]c4=O)CC3)noc2n1. The Morgan fingerprint density at radius 1 is 1.25 bits per heavy atom. The van der Waals surface area contributed by atoms with Crippen molar-refractivity contribution in [1.82, 2.24) is 20.0 Å². The number of rotatable bonds is 3. The largest absolute Gasteiger partial charge is 0.417 e. The van der Waals surface area contributed by atoms with Crippen LogP contribution in [0.25, 0.3) is 11.1 Å². The van der Waals surface area contributed by atoms with Crippen molar-refractivity contribution in [2.75, 3.05) is 13.1 Å². The number of aromatic nitrogens is 3. The number of likely N-dealkylation sites (tertiary alicyclic amines) is 1. The topological polar surface area (TPSA) is 92.1 Å². The Kier molecular flexibility index (Phi) is 5.56. The molecule has 0 aliphatic carbocycles. The molecule has 7 nitrogen and oxygen atoms in total. The highest BCUT2D eigenvalue weighted by atomic mass is 19.4. The molecule has 170 valence electrons. The summed E-state index contributed by atoms with van der Waals surface area (Å²) in [6, 6.07) is 2.62. The lowest BCUT2D eigenvalue weighted by molar-refractivity contribution is -0.136. The van der Waals surface area contributed by atoms with Gasteiger partial charge in [0.1, 0.15) is 5.56 Å². The molecule has 0 aromatic carbocycles. The van der Waals surface area contributed by atoms with E-state index in [0.29, 0.717) is 38.0 Å². The van der Waals surface area contributed by atoms with E-state index in [4.69, 9.17) is 4.52 Å². The normalized spacial score (nSPS) is 15.5. The Morgan fingerprint density at radius 3 is 2.56 bits per heavy atom. The maximum Gasteiger partial charge on any atom is 0.417 e. The number of aryl methyl sites for hydroxylation is 3. The third-order valence-corrected chi connectivity index (χ3v) is 6.09. The minimum absolute atomic E-state index is 0.0640. The maximum absolute atomic E-state index is 13.7. The van der Waals surface area contributed by atoms with Crippen LogP contribution in [0.1, 0.15) is 64.2 Å². The quantitative estimate of drug-likeness (QED) is 0.651. The van der Waals surface area contributed by atoms with Crippen LogP contribution in [0.2, 0.25) is 0 Å².